The van der Waals surface area contributed by atoms with Crippen molar-refractivity contribution in [3.63, 3.8) is 0 Å². The Kier molecular flexibility index (Phi) is 6.82. The number of carbonyl (C=O) groups excluding carboxylic acids is 1. The number of alkyl halides is 3. The van der Waals surface area contributed by atoms with E-state index in [4.69, 9.17) is 14.6 Å². The van der Waals surface area contributed by atoms with Crippen molar-refractivity contribution >= 4 is 11.9 Å². The van der Waals surface area contributed by atoms with Crippen LogP contribution in [0.2, 0.25) is 0 Å². The predicted octanol–water partition coefficient (Wildman–Crippen LogP) is 1.28. The number of nitrogens with one attached hydrogen (secondary N) is 1. The summed E-state index contributed by atoms with van der Waals surface area (Å²) in [6.45, 7) is 3.56. The van der Waals surface area contributed by atoms with Crippen LogP contribution in [0.15, 0.2) is 0 Å². The Labute approximate surface area is 154 Å². The first-order valence-electron chi connectivity index (χ1n) is 8.51. The van der Waals surface area contributed by atoms with E-state index in [9.17, 15) is 18.0 Å². The lowest BCUT2D eigenvalue weighted by atomic mass is 9.99. The van der Waals surface area contributed by atoms with E-state index in [0.717, 1.165) is 56.8 Å². The highest BCUT2D eigenvalue weighted by Gasteiger charge is 2.38. The van der Waals surface area contributed by atoms with Crippen molar-refractivity contribution in [2.45, 2.75) is 38.0 Å². The van der Waals surface area contributed by atoms with E-state index in [-0.39, 0.29) is 5.91 Å². The van der Waals surface area contributed by atoms with E-state index in [1.54, 1.807) is 19.0 Å². The Bertz CT molecular complexity index is 669. The average Bonchev–Trinajstić information content (AvgIpc) is 3.04. The van der Waals surface area contributed by atoms with Crippen LogP contribution < -0.4 is 0 Å². The van der Waals surface area contributed by atoms with Crippen molar-refractivity contribution in [1.29, 1.82) is 0 Å². The molecule has 0 aromatic carbocycles. The van der Waals surface area contributed by atoms with Gasteiger partial charge in [-0.25, -0.2) is 4.79 Å². The van der Waals surface area contributed by atoms with Gasteiger partial charge >= 0.3 is 12.1 Å². The summed E-state index contributed by atoms with van der Waals surface area (Å²) in [5.74, 6) is -2.77. The molecular formula is C16H23F3N4O4. The molecule has 0 unspecified atom stereocenters. The number of rotatable bonds is 2. The maximum absolute atomic E-state index is 12.2. The number of aromatic amines is 1. The lowest BCUT2D eigenvalue weighted by molar-refractivity contribution is -0.192. The molecule has 0 atom stereocenters. The topological polar surface area (TPSA) is 98.8 Å². The second-order valence-electron chi connectivity index (χ2n) is 6.60. The summed E-state index contributed by atoms with van der Waals surface area (Å²) in [7, 11) is 3.53. The van der Waals surface area contributed by atoms with Gasteiger partial charge in [-0.1, -0.05) is 0 Å². The SMILES string of the molecule is CN(C)C(=O)c1n[nH]c2c1CN(C1CCOCC1)CC2.O=C(O)C(F)(F)F. The van der Waals surface area contributed by atoms with E-state index in [0.29, 0.717) is 11.7 Å². The number of carboxylic acids is 1. The van der Waals surface area contributed by atoms with E-state index in [1.165, 1.54) is 0 Å². The largest absolute Gasteiger partial charge is 0.490 e. The number of carboxylic acid groups (broad SMARTS) is 1. The van der Waals surface area contributed by atoms with Crippen LogP contribution >= 0.6 is 0 Å². The van der Waals surface area contributed by atoms with Gasteiger partial charge in [0, 0.05) is 64.1 Å². The first kappa shape index (κ1) is 21.2. The second kappa shape index (κ2) is 8.70. The molecule has 2 aliphatic rings. The highest BCUT2D eigenvalue weighted by atomic mass is 19.4. The number of carbonyl (C=O) groups is 2. The fraction of sp³-hybridized carbons (Fsp3) is 0.688. The van der Waals surface area contributed by atoms with Crippen molar-refractivity contribution in [2.24, 2.45) is 0 Å². The molecule has 1 aromatic heterocycles. The zero-order chi connectivity index (χ0) is 20.2. The smallest absolute Gasteiger partial charge is 0.475 e. The van der Waals surface area contributed by atoms with Crippen LogP contribution in [0.5, 0.6) is 0 Å². The van der Waals surface area contributed by atoms with Crippen molar-refractivity contribution in [3.8, 4) is 0 Å². The van der Waals surface area contributed by atoms with Gasteiger partial charge in [-0.3, -0.25) is 14.8 Å². The summed E-state index contributed by atoms with van der Waals surface area (Å²) in [5, 5.41) is 14.4. The summed E-state index contributed by atoms with van der Waals surface area (Å²) in [4.78, 5) is 25.1. The predicted molar refractivity (Wildman–Crippen MR) is 88.3 cm³/mol. The standard InChI is InChI=1S/C14H22N4O2.C2HF3O2/c1-17(2)14(19)13-11-9-18(6-3-12(11)15-16-13)10-4-7-20-8-5-10;3-2(4,5)1(6)7/h10H,3-9H2,1-2H3,(H,15,16);(H,6,7). The van der Waals surface area contributed by atoms with E-state index >= 15 is 0 Å². The van der Waals surface area contributed by atoms with Crippen LogP contribution in [0.4, 0.5) is 13.2 Å². The third-order valence-corrected chi connectivity index (χ3v) is 4.52. The summed E-state index contributed by atoms with van der Waals surface area (Å²) in [5.41, 5.74) is 2.79. The van der Waals surface area contributed by atoms with Crippen LogP contribution in [0.1, 0.15) is 34.6 Å². The molecule has 152 valence electrons. The molecule has 1 saturated heterocycles. The lowest BCUT2D eigenvalue weighted by Crippen LogP contribution is -2.42. The van der Waals surface area contributed by atoms with Gasteiger partial charge in [0.25, 0.3) is 5.91 Å². The van der Waals surface area contributed by atoms with Gasteiger partial charge in [0.2, 0.25) is 0 Å². The Hall–Kier alpha value is -2.14. The van der Waals surface area contributed by atoms with E-state index in [2.05, 4.69) is 15.1 Å². The number of aromatic nitrogens is 2. The Balaban J connectivity index is 0.000000321. The fourth-order valence-corrected chi connectivity index (χ4v) is 3.07. The van der Waals surface area contributed by atoms with Gasteiger partial charge in [-0.05, 0) is 12.8 Å². The molecule has 0 bridgehead atoms. The molecule has 3 heterocycles. The number of amides is 1. The second-order valence-corrected chi connectivity index (χ2v) is 6.60. The molecule has 3 rings (SSSR count). The maximum Gasteiger partial charge on any atom is 0.490 e. The maximum atomic E-state index is 12.2. The van der Waals surface area contributed by atoms with Crippen LogP contribution in [0.25, 0.3) is 0 Å². The zero-order valence-corrected chi connectivity index (χ0v) is 15.2. The fourth-order valence-electron chi connectivity index (χ4n) is 3.07. The van der Waals surface area contributed by atoms with Crippen molar-refractivity contribution in [2.75, 3.05) is 33.9 Å². The monoisotopic (exact) mass is 392 g/mol. The highest BCUT2D eigenvalue weighted by molar-refractivity contribution is 5.93. The zero-order valence-electron chi connectivity index (χ0n) is 15.2. The molecule has 1 aromatic rings. The van der Waals surface area contributed by atoms with Crippen LogP contribution in [0.3, 0.4) is 0 Å². The van der Waals surface area contributed by atoms with Crippen LogP contribution in [-0.2, 0) is 22.5 Å². The van der Waals surface area contributed by atoms with E-state index < -0.39 is 12.1 Å². The van der Waals surface area contributed by atoms with Crippen molar-refractivity contribution in [3.05, 3.63) is 17.0 Å². The molecule has 0 radical (unpaired) electrons. The molecule has 0 aliphatic carbocycles. The van der Waals surface area contributed by atoms with Gasteiger partial charge in [-0.2, -0.15) is 18.3 Å². The third-order valence-electron chi connectivity index (χ3n) is 4.52. The summed E-state index contributed by atoms with van der Waals surface area (Å²) in [6, 6.07) is 0.578. The Morgan fingerprint density at radius 2 is 1.89 bits per heavy atom. The minimum atomic E-state index is -5.08. The third kappa shape index (κ3) is 5.42. The number of halogens is 3. The minimum absolute atomic E-state index is 0.0173. The average molecular weight is 392 g/mol. The first-order chi connectivity index (χ1) is 12.6. The quantitative estimate of drug-likeness (QED) is 0.787. The lowest BCUT2D eigenvalue weighted by Gasteiger charge is -2.36. The molecule has 1 amide bonds. The molecule has 0 spiro atoms. The van der Waals surface area contributed by atoms with Crippen LogP contribution in [0, 0.1) is 0 Å². The Morgan fingerprint density at radius 1 is 1.30 bits per heavy atom. The number of ether oxygens (including phenoxy) is 1. The number of H-pyrrole nitrogens is 1. The van der Waals surface area contributed by atoms with Gasteiger partial charge in [0.05, 0.1) is 0 Å². The molecule has 2 N–H and O–H groups in total. The summed E-state index contributed by atoms with van der Waals surface area (Å²) in [6.07, 6.45) is -1.96. The van der Waals surface area contributed by atoms with Crippen molar-refractivity contribution in [1.82, 2.24) is 20.0 Å². The van der Waals surface area contributed by atoms with Gasteiger partial charge in [0.15, 0.2) is 5.69 Å². The molecule has 0 saturated carbocycles. The number of nitrogens with zero attached hydrogens (tertiary/aromatic N) is 3. The first-order valence-corrected chi connectivity index (χ1v) is 8.51. The highest BCUT2D eigenvalue weighted by Crippen LogP contribution is 2.25. The number of fused-ring (bicyclic) bond motifs is 1. The minimum Gasteiger partial charge on any atom is -0.475 e. The molecule has 2 aliphatic heterocycles. The normalized spacial score (nSPS) is 18.3. The van der Waals surface area contributed by atoms with Gasteiger partial charge < -0.3 is 14.7 Å². The number of aliphatic carboxylic acids is 1. The van der Waals surface area contributed by atoms with Crippen molar-refractivity contribution < 1.29 is 32.6 Å². The van der Waals surface area contributed by atoms with E-state index in [1.807, 2.05) is 0 Å². The summed E-state index contributed by atoms with van der Waals surface area (Å²) < 4.78 is 37.2. The Morgan fingerprint density at radius 3 is 2.41 bits per heavy atom. The van der Waals surface area contributed by atoms with Gasteiger partial charge in [0.1, 0.15) is 0 Å². The molecule has 1 fully saturated rings. The molecule has 11 heteroatoms. The molecule has 27 heavy (non-hydrogen) atoms. The molecule has 8 nitrogen and oxygen atoms in total. The summed E-state index contributed by atoms with van der Waals surface area (Å²) >= 11 is 0. The number of hydrogen-bond acceptors (Lipinski definition) is 5. The van der Waals surface area contributed by atoms with Gasteiger partial charge in [-0.15, -0.1) is 0 Å². The molecular weight excluding hydrogens is 369 g/mol. The number of hydrogen-bond donors (Lipinski definition) is 2. The van der Waals surface area contributed by atoms with Crippen LogP contribution in [-0.4, -0.2) is 83.1 Å².